The summed E-state index contributed by atoms with van der Waals surface area (Å²) < 4.78 is 5.21. The fraction of sp³-hybridized carbons (Fsp3) is 0.500. The van der Waals surface area contributed by atoms with Crippen LogP contribution in [0.4, 0.5) is 0 Å². The second-order valence-electron chi connectivity index (χ2n) is 2.90. The number of nitrogens with two attached hydrogens (primary N) is 1. The highest BCUT2D eigenvalue weighted by Crippen LogP contribution is 2.20. The Hall–Kier alpha value is -0.800. The summed E-state index contributed by atoms with van der Waals surface area (Å²) >= 11 is 0. The molecule has 0 aromatic carbocycles. The Labute approximate surface area is 66.5 Å². The van der Waals surface area contributed by atoms with Gasteiger partial charge in [-0.1, -0.05) is 13.8 Å². The molecule has 0 aliphatic carbocycles. The molecule has 1 aromatic rings. The first-order valence-electron chi connectivity index (χ1n) is 3.75. The van der Waals surface area contributed by atoms with Crippen molar-refractivity contribution in [2.24, 2.45) is 11.8 Å². The molecule has 1 unspecified atom stereocenters. The normalized spacial score (nSPS) is 13.8. The first-order valence-corrected chi connectivity index (χ1v) is 3.75. The van der Waals surface area contributed by atoms with Gasteiger partial charge in [0.1, 0.15) is 5.76 Å². The van der Waals surface area contributed by atoms with Gasteiger partial charge in [0.2, 0.25) is 0 Å². The van der Waals surface area contributed by atoms with Crippen molar-refractivity contribution in [1.29, 1.82) is 0 Å². The molecule has 0 radical (unpaired) electrons. The van der Waals surface area contributed by atoms with Crippen LogP contribution in [0.25, 0.3) is 0 Å². The van der Waals surface area contributed by atoms with E-state index in [0.29, 0.717) is 5.92 Å². The molecule has 0 saturated carbocycles. The molecule has 0 spiro atoms. The van der Waals surface area contributed by atoms with E-state index >= 15 is 0 Å². The largest absolute Gasteiger partial charge is 0.468 e. The van der Waals surface area contributed by atoms with E-state index in [2.05, 4.69) is 19.3 Å². The molecular formula is C8H14N2O. The quantitative estimate of drug-likeness (QED) is 0.511. The molecule has 0 bridgehead atoms. The maximum atomic E-state index is 5.35. The van der Waals surface area contributed by atoms with Crippen molar-refractivity contribution in [2.75, 3.05) is 0 Å². The Morgan fingerprint density at radius 3 is 2.64 bits per heavy atom. The van der Waals surface area contributed by atoms with Crippen LogP contribution >= 0.6 is 0 Å². The summed E-state index contributed by atoms with van der Waals surface area (Å²) in [5, 5.41) is 0. The van der Waals surface area contributed by atoms with Gasteiger partial charge in [-0.05, 0) is 18.1 Å². The molecular weight excluding hydrogens is 140 g/mol. The van der Waals surface area contributed by atoms with E-state index in [0.717, 1.165) is 5.76 Å². The molecule has 1 heterocycles. The summed E-state index contributed by atoms with van der Waals surface area (Å²) in [5.74, 6) is 6.68. The first kappa shape index (κ1) is 8.30. The maximum absolute atomic E-state index is 5.35. The minimum Gasteiger partial charge on any atom is -0.468 e. The maximum Gasteiger partial charge on any atom is 0.122 e. The second-order valence-corrected chi connectivity index (χ2v) is 2.90. The van der Waals surface area contributed by atoms with Crippen molar-refractivity contribution >= 4 is 0 Å². The van der Waals surface area contributed by atoms with Gasteiger partial charge in [-0.3, -0.25) is 5.84 Å². The molecule has 0 aliphatic heterocycles. The van der Waals surface area contributed by atoms with Gasteiger partial charge in [0, 0.05) is 0 Å². The molecule has 0 aliphatic rings. The number of rotatable bonds is 3. The lowest BCUT2D eigenvalue weighted by Gasteiger charge is -2.16. The SMILES string of the molecule is CC(C)C(NN)c1ccco1. The Morgan fingerprint density at radius 1 is 1.55 bits per heavy atom. The minimum absolute atomic E-state index is 0.116. The third kappa shape index (κ3) is 1.82. The standard InChI is InChI=1S/C8H14N2O/c1-6(2)8(10-9)7-4-3-5-11-7/h3-6,8,10H,9H2,1-2H3. The van der Waals surface area contributed by atoms with Crippen LogP contribution in [0.1, 0.15) is 25.6 Å². The van der Waals surface area contributed by atoms with Gasteiger partial charge < -0.3 is 4.42 Å². The lowest BCUT2D eigenvalue weighted by molar-refractivity contribution is 0.346. The van der Waals surface area contributed by atoms with Crippen molar-refractivity contribution in [2.45, 2.75) is 19.9 Å². The molecule has 62 valence electrons. The van der Waals surface area contributed by atoms with Crippen LogP contribution in [0, 0.1) is 5.92 Å². The molecule has 3 N–H and O–H groups in total. The summed E-state index contributed by atoms with van der Waals surface area (Å²) in [7, 11) is 0. The van der Waals surface area contributed by atoms with Gasteiger partial charge >= 0.3 is 0 Å². The van der Waals surface area contributed by atoms with E-state index in [4.69, 9.17) is 10.3 Å². The minimum atomic E-state index is 0.116. The topological polar surface area (TPSA) is 51.2 Å². The predicted molar refractivity (Wildman–Crippen MR) is 43.6 cm³/mol. The zero-order valence-electron chi connectivity index (χ0n) is 6.87. The van der Waals surface area contributed by atoms with E-state index in [9.17, 15) is 0 Å². The van der Waals surface area contributed by atoms with Gasteiger partial charge in [0.25, 0.3) is 0 Å². The Balaban J connectivity index is 2.71. The molecule has 0 fully saturated rings. The zero-order chi connectivity index (χ0) is 8.27. The molecule has 1 atom stereocenters. The highest BCUT2D eigenvalue weighted by atomic mass is 16.3. The van der Waals surface area contributed by atoms with Crippen LogP contribution in [0.2, 0.25) is 0 Å². The van der Waals surface area contributed by atoms with Crippen LogP contribution < -0.4 is 11.3 Å². The van der Waals surface area contributed by atoms with Crippen LogP contribution in [0.15, 0.2) is 22.8 Å². The lowest BCUT2D eigenvalue weighted by Crippen LogP contribution is -2.31. The van der Waals surface area contributed by atoms with Crippen molar-refractivity contribution < 1.29 is 4.42 Å². The van der Waals surface area contributed by atoms with E-state index in [1.807, 2.05) is 12.1 Å². The van der Waals surface area contributed by atoms with Gasteiger partial charge in [0.05, 0.1) is 12.3 Å². The molecule has 0 amide bonds. The van der Waals surface area contributed by atoms with E-state index in [1.165, 1.54) is 0 Å². The van der Waals surface area contributed by atoms with Crippen LogP contribution in [0.3, 0.4) is 0 Å². The Morgan fingerprint density at radius 2 is 2.27 bits per heavy atom. The summed E-state index contributed by atoms with van der Waals surface area (Å²) in [4.78, 5) is 0. The predicted octanol–water partition coefficient (Wildman–Crippen LogP) is 1.44. The molecule has 1 aromatic heterocycles. The first-order chi connectivity index (χ1) is 5.25. The molecule has 3 heteroatoms. The summed E-state index contributed by atoms with van der Waals surface area (Å²) in [5.41, 5.74) is 2.71. The van der Waals surface area contributed by atoms with Crippen molar-refractivity contribution in [3.63, 3.8) is 0 Å². The number of furan rings is 1. The van der Waals surface area contributed by atoms with E-state index in [1.54, 1.807) is 6.26 Å². The highest BCUT2D eigenvalue weighted by Gasteiger charge is 2.15. The second kappa shape index (κ2) is 3.55. The van der Waals surface area contributed by atoms with Gasteiger partial charge in [-0.2, -0.15) is 0 Å². The summed E-state index contributed by atoms with van der Waals surface area (Å²) in [6.45, 7) is 4.18. The number of nitrogens with one attached hydrogen (secondary N) is 1. The third-order valence-electron chi connectivity index (χ3n) is 1.70. The molecule has 1 rings (SSSR count). The summed E-state index contributed by atoms with van der Waals surface area (Å²) in [6.07, 6.45) is 1.65. The van der Waals surface area contributed by atoms with E-state index in [-0.39, 0.29) is 6.04 Å². The number of hydrazine groups is 1. The highest BCUT2D eigenvalue weighted by molar-refractivity contribution is 5.04. The number of hydrogen-bond acceptors (Lipinski definition) is 3. The third-order valence-corrected chi connectivity index (χ3v) is 1.70. The van der Waals surface area contributed by atoms with Crippen molar-refractivity contribution in [1.82, 2.24) is 5.43 Å². The smallest absolute Gasteiger partial charge is 0.122 e. The zero-order valence-corrected chi connectivity index (χ0v) is 6.87. The van der Waals surface area contributed by atoms with Crippen molar-refractivity contribution in [3.05, 3.63) is 24.2 Å². The van der Waals surface area contributed by atoms with Crippen LogP contribution in [0.5, 0.6) is 0 Å². The lowest BCUT2D eigenvalue weighted by atomic mass is 10.0. The molecule has 11 heavy (non-hydrogen) atoms. The van der Waals surface area contributed by atoms with Gasteiger partial charge in [-0.15, -0.1) is 0 Å². The average Bonchev–Trinajstić information content (AvgIpc) is 2.40. The van der Waals surface area contributed by atoms with E-state index < -0.39 is 0 Å². The van der Waals surface area contributed by atoms with Crippen LogP contribution in [-0.4, -0.2) is 0 Å². The Bertz CT molecular complexity index is 194. The molecule has 0 saturated heterocycles. The molecule has 3 nitrogen and oxygen atoms in total. The fourth-order valence-electron chi connectivity index (χ4n) is 1.07. The number of hydrogen-bond donors (Lipinski definition) is 2. The monoisotopic (exact) mass is 154 g/mol. The van der Waals surface area contributed by atoms with Gasteiger partial charge in [-0.25, -0.2) is 5.43 Å². The van der Waals surface area contributed by atoms with Gasteiger partial charge in [0.15, 0.2) is 0 Å². The summed E-state index contributed by atoms with van der Waals surface area (Å²) in [6, 6.07) is 3.90. The average molecular weight is 154 g/mol. The fourth-order valence-corrected chi connectivity index (χ4v) is 1.07. The van der Waals surface area contributed by atoms with Crippen molar-refractivity contribution in [3.8, 4) is 0 Å². The Kier molecular flexibility index (Phi) is 2.68. The van der Waals surface area contributed by atoms with Crippen LogP contribution in [-0.2, 0) is 0 Å².